The third kappa shape index (κ3) is 9.54. The fourth-order valence-electron chi connectivity index (χ4n) is 3.22. The van der Waals surface area contributed by atoms with Crippen LogP contribution in [0, 0.1) is 6.92 Å². The second-order valence-corrected chi connectivity index (χ2v) is 12.3. The molecule has 192 valence electrons. The molecule has 0 bridgehead atoms. The lowest BCUT2D eigenvalue weighted by atomic mass is 10.1. The van der Waals surface area contributed by atoms with E-state index in [4.69, 9.17) is 4.74 Å². The molecule has 1 amide bonds. The van der Waals surface area contributed by atoms with Gasteiger partial charge in [-0.25, -0.2) is 17.9 Å². The summed E-state index contributed by atoms with van der Waals surface area (Å²) in [7, 11) is -0.220. The Balaban J connectivity index is 2.27. The molecule has 0 radical (unpaired) electrons. The molecule has 2 rings (SSSR count). The first-order valence-electron chi connectivity index (χ1n) is 11.3. The summed E-state index contributed by atoms with van der Waals surface area (Å²) in [5.41, 5.74) is 0.512. The lowest BCUT2D eigenvalue weighted by Crippen LogP contribution is -2.36. The highest BCUT2D eigenvalue weighted by molar-refractivity contribution is 7.99. The number of aryl methyl sites for hydroxylation is 1. The van der Waals surface area contributed by atoms with Gasteiger partial charge in [0.05, 0.1) is 4.90 Å². The number of carbonyl (C=O) groups is 2. The van der Waals surface area contributed by atoms with E-state index >= 15 is 0 Å². The number of nitrogens with zero attached hydrogens (tertiary/aromatic N) is 1. The summed E-state index contributed by atoms with van der Waals surface area (Å²) in [5.74, 6) is 0.760. The van der Waals surface area contributed by atoms with Gasteiger partial charge in [-0.3, -0.25) is 4.79 Å². The molecule has 2 aromatic carbocycles. The molecular weight excluding hydrogens is 486 g/mol. The summed E-state index contributed by atoms with van der Waals surface area (Å²) in [6, 6.07) is 12.8. The Kier molecular flexibility index (Phi) is 10.2. The highest BCUT2D eigenvalue weighted by atomic mass is 32.2. The largest absolute Gasteiger partial charge is 0.443 e. The minimum atomic E-state index is -4.22. The fraction of sp³-hybridized carbons (Fsp3) is 0.440. The summed E-state index contributed by atoms with van der Waals surface area (Å²) >= 11 is 1.71. The maximum absolute atomic E-state index is 12.8. The van der Waals surface area contributed by atoms with Crippen LogP contribution in [0.25, 0.3) is 0 Å². The molecular formula is C25H35N3O5S2. The van der Waals surface area contributed by atoms with Gasteiger partial charge in [0.1, 0.15) is 5.60 Å². The van der Waals surface area contributed by atoms with Gasteiger partial charge in [-0.1, -0.05) is 18.2 Å². The Hall–Kier alpha value is -2.56. The van der Waals surface area contributed by atoms with Crippen LogP contribution in [0.3, 0.4) is 0 Å². The number of amides is 1. The molecule has 0 aliphatic rings. The predicted molar refractivity (Wildman–Crippen MR) is 141 cm³/mol. The van der Waals surface area contributed by atoms with E-state index < -0.39 is 21.7 Å². The number of hydrogen-bond acceptors (Lipinski definition) is 8. The molecule has 35 heavy (non-hydrogen) atoms. The quantitative estimate of drug-likeness (QED) is 0.328. The molecule has 1 atom stereocenters. The smallest absolute Gasteiger partial charge is 0.421 e. The van der Waals surface area contributed by atoms with Crippen LogP contribution >= 0.6 is 11.8 Å². The molecule has 0 saturated heterocycles. The third-order valence-electron chi connectivity index (χ3n) is 4.86. The Morgan fingerprint density at radius 1 is 1.17 bits per heavy atom. The second kappa shape index (κ2) is 12.4. The first-order valence-corrected chi connectivity index (χ1v) is 13.7. The van der Waals surface area contributed by atoms with E-state index in [1.807, 2.05) is 49.1 Å². The highest BCUT2D eigenvalue weighted by Crippen LogP contribution is 2.27. The molecule has 0 heterocycles. The van der Waals surface area contributed by atoms with Gasteiger partial charge >= 0.3 is 6.09 Å². The zero-order valence-electron chi connectivity index (χ0n) is 21.1. The molecule has 2 N–H and O–H groups in total. The lowest BCUT2D eigenvalue weighted by molar-refractivity contribution is 0.0570. The molecule has 0 aliphatic carbocycles. The summed E-state index contributed by atoms with van der Waals surface area (Å²) in [4.78, 5) is 27.0. The van der Waals surface area contributed by atoms with Crippen molar-refractivity contribution in [1.82, 2.24) is 9.62 Å². The summed E-state index contributed by atoms with van der Waals surface area (Å²) in [6.45, 7) is 7.48. The van der Waals surface area contributed by atoms with Crippen molar-refractivity contribution in [3.8, 4) is 0 Å². The van der Waals surface area contributed by atoms with Crippen molar-refractivity contribution >= 4 is 39.9 Å². The monoisotopic (exact) mass is 521 g/mol. The molecule has 2 aromatic rings. The van der Waals surface area contributed by atoms with E-state index in [0.29, 0.717) is 17.5 Å². The molecule has 0 aromatic heterocycles. The zero-order chi connectivity index (χ0) is 26.2. The van der Waals surface area contributed by atoms with Crippen LogP contribution in [0.2, 0.25) is 0 Å². The number of rotatable bonds is 11. The number of thioether (sulfide) groups is 1. The highest BCUT2D eigenvalue weighted by Gasteiger charge is 2.25. The van der Waals surface area contributed by atoms with Gasteiger partial charge in [0.25, 0.3) is 10.0 Å². The molecule has 8 nitrogen and oxygen atoms in total. The Morgan fingerprint density at radius 3 is 2.40 bits per heavy atom. The standard InChI is InChI=1S/C25H35N3O5S2/c1-18-14-22(35(31,32)27-24(30)33-25(2,3)4)15-19(16-29)23(18)26-20(12-13-28(5)6)17-34-21-10-8-7-9-11-21/h7-11,14-16,20,26H,12-13,17H2,1-6H3,(H,27,30). The van der Waals surface area contributed by atoms with Crippen molar-refractivity contribution in [3.63, 3.8) is 0 Å². The normalized spacial score (nSPS) is 12.8. The van der Waals surface area contributed by atoms with Gasteiger partial charge in [0, 0.05) is 27.9 Å². The lowest BCUT2D eigenvalue weighted by Gasteiger charge is -2.24. The van der Waals surface area contributed by atoms with Crippen molar-refractivity contribution in [2.24, 2.45) is 0 Å². The van der Waals surface area contributed by atoms with Crippen molar-refractivity contribution < 1.29 is 22.7 Å². The van der Waals surface area contributed by atoms with Gasteiger partial charge in [-0.05, 0) is 84.6 Å². The minimum absolute atomic E-state index is 0.0300. The van der Waals surface area contributed by atoms with Crippen LogP contribution in [0.5, 0.6) is 0 Å². The summed E-state index contributed by atoms with van der Waals surface area (Å²) in [5, 5.41) is 3.46. The topological polar surface area (TPSA) is 105 Å². The van der Waals surface area contributed by atoms with Crippen LogP contribution in [0.4, 0.5) is 10.5 Å². The average Bonchev–Trinajstić information content (AvgIpc) is 2.75. The summed E-state index contributed by atoms with van der Waals surface area (Å²) < 4.78 is 32.5. The van der Waals surface area contributed by atoms with E-state index in [-0.39, 0.29) is 16.5 Å². The van der Waals surface area contributed by atoms with E-state index in [9.17, 15) is 18.0 Å². The van der Waals surface area contributed by atoms with E-state index in [2.05, 4.69) is 10.2 Å². The Labute approximate surface area is 212 Å². The van der Waals surface area contributed by atoms with E-state index in [1.54, 1.807) is 39.5 Å². The van der Waals surface area contributed by atoms with E-state index in [1.165, 1.54) is 12.1 Å². The fourth-order valence-corrected chi connectivity index (χ4v) is 5.21. The Morgan fingerprint density at radius 2 is 1.83 bits per heavy atom. The molecule has 1 unspecified atom stereocenters. The molecule has 0 aliphatic heterocycles. The van der Waals surface area contributed by atoms with Crippen LogP contribution in [0.1, 0.15) is 43.1 Å². The molecule has 0 spiro atoms. The predicted octanol–water partition coefficient (Wildman–Crippen LogP) is 4.55. The van der Waals surface area contributed by atoms with Gasteiger partial charge in [0.2, 0.25) is 0 Å². The number of nitrogens with one attached hydrogen (secondary N) is 2. The van der Waals surface area contributed by atoms with Crippen LogP contribution in [0.15, 0.2) is 52.3 Å². The number of benzene rings is 2. The number of anilines is 1. The third-order valence-corrected chi connectivity index (χ3v) is 7.33. The number of sulfonamides is 1. The van der Waals surface area contributed by atoms with Crippen molar-refractivity contribution in [2.45, 2.75) is 55.5 Å². The number of carbonyl (C=O) groups excluding carboxylic acids is 2. The number of aldehydes is 1. The van der Waals surface area contributed by atoms with E-state index in [0.717, 1.165) is 23.6 Å². The maximum atomic E-state index is 12.8. The minimum Gasteiger partial charge on any atom is -0.443 e. The molecule has 10 heteroatoms. The summed E-state index contributed by atoms with van der Waals surface area (Å²) in [6.07, 6.45) is 0.367. The van der Waals surface area contributed by atoms with Crippen molar-refractivity contribution in [3.05, 3.63) is 53.6 Å². The molecule has 0 fully saturated rings. The van der Waals surface area contributed by atoms with Gasteiger partial charge in [-0.2, -0.15) is 0 Å². The number of hydrogen-bond donors (Lipinski definition) is 2. The van der Waals surface area contributed by atoms with Crippen LogP contribution in [-0.4, -0.2) is 63.7 Å². The molecule has 0 saturated carbocycles. The maximum Gasteiger partial charge on any atom is 0.421 e. The van der Waals surface area contributed by atoms with Crippen molar-refractivity contribution in [1.29, 1.82) is 0 Å². The Bertz CT molecular complexity index is 1110. The first-order chi connectivity index (χ1) is 16.3. The van der Waals surface area contributed by atoms with Crippen LogP contribution < -0.4 is 10.0 Å². The zero-order valence-corrected chi connectivity index (χ0v) is 22.8. The van der Waals surface area contributed by atoms with Gasteiger partial charge in [0.15, 0.2) is 6.29 Å². The van der Waals surface area contributed by atoms with Gasteiger partial charge in [-0.15, -0.1) is 11.8 Å². The number of ether oxygens (including phenoxy) is 1. The van der Waals surface area contributed by atoms with Crippen LogP contribution in [-0.2, 0) is 14.8 Å². The van der Waals surface area contributed by atoms with Gasteiger partial charge < -0.3 is 15.0 Å². The first kappa shape index (κ1) is 28.7. The second-order valence-electron chi connectivity index (χ2n) is 9.49. The average molecular weight is 522 g/mol. The SMILES string of the molecule is Cc1cc(S(=O)(=O)NC(=O)OC(C)(C)C)cc(C=O)c1NC(CCN(C)C)CSc1ccccc1. The van der Waals surface area contributed by atoms with Crippen molar-refractivity contribution in [2.75, 3.05) is 31.7 Å².